The molecule has 0 aliphatic heterocycles. The zero-order valence-corrected chi connectivity index (χ0v) is 11.6. The third-order valence-electron chi connectivity index (χ3n) is 3.46. The van der Waals surface area contributed by atoms with Crippen LogP contribution in [0, 0.1) is 5.92 Å². The predicted molar refractivity (Wildman–Crippen MR) is 68.5 cm³/mol. The number of unbranched alkanes of at least 4 members (excludes halogenated alkanes) is 1. The summed E-state index contributed by atoms with van der Waals surface area (Å²) in [5.41, 5.74) is 0. The van der Waals surface area contributed by atoms with E-state index in [1.165, 1.54) is 51.0 Å². The Labute approximate surface area is 96.6 Å². The Balaban J connectivity index is 2.13. The van der Waals surface area contributed by atoms with E-state index in [1.807, 2.05) is 7.11 Å². The lowest BCUT2D eigenvalue weighted by molar-refractivity contribution is 0.348. The minimum absolute atomic E-state index is 0.962. The fourth-order valence-electron chi connectivity index (χ4n) is 2.43. The summed E-state index contributed by atoms with van der Waals surface area (Å²) >= 11 is 0. The summed E-state index contributed by atoms with van der Waals surface area (Å²) in [5.74, 6) is 0.962. The van der Waals surface area contributed by atoms with Gasteiger partial charge in [0, 0.05) is 7.11 Å². The Morgan fingerprint density at radius 2 is 2.00 bits per heavy atom. The van der Waals surface area contributed by atoms with E-state index in [0.29, 0.717) is 0 Å². The highest BCUT2D eigenvalue weighted by Gasteiger charge is 2.19. The van der Waals surface area contributed by atoms with Gasteiger partial charge in [0.25, 0.3) is 9.20 Å². The summed E-state index contributed by atoms with van der Waals surface area (Å²) in [6.45, 7) is 3.40. The fourth-order valence-corrected chi connectivity index (χ4v) is 4.56. The van der Waals surface area contributed by atoms with E-state index in [-0.39, 0.29) is 0 Å². The van der Waals surface area contributed by atoms with Crippen molar-refractivity contribution in [1.82, 2.24) is 4.98 Å². The highest BCUT2D eigenvalue weighted by atomic mass is 28.3. The molecule has 1 aliphatic carbocycles. The van der Waals surface area contributed by atoms with Gasteiger partial charge in [-0.3, -0.25) is 0 Å². The van der Waals surface area contributed by atoms with Crippen molar-refractivity contribution in [2.45, 2.75) is 57.9 Å². The second kappa shape index (κ2) is 8.31. The maximum atomic E-state index is 5.63. The summed E-state index contributed by atoms with van der Waals surface area (Å²) in [5, 5.41) is 0. The van der Waals surface area contributed by atoms with Gasteiger partial charge in [-0.05, 0) is 24.9 Å². The average molecular weight is 229 g/mol. The third kappa shape index (κ3) is 5.69. The molecule has 0 amide bonds. The van der Waals surface area contributed by atoms with Gasteiger partial charge in [-0.2, -0.15) is 0 Å². The van der Waals surface area contributed by atoms with Crippen molar-refractivity contribution in [1.29, 1.82) is 0 Å². The molecule has 1 rings (SSSR count). The van der Waals surface area contributed by atoms with Crippen molar-refractivity contribution in [3.63, 3.8) is 0 Å². The van der Waals surface area contributed by atoms with Gasteiger partial charge in [0.1, 0.15) is 0 Å². The van der Waals surface area contributed by atoms with E-state index >= 15 is 0 Å². The van der Waals surface area contributed by atoms with E-state index in [0.717, 1.165) is 12.5 Å². The average Bonchev–Trinajstić information content (AvgIpc) is 2.29. The lowest BCUT2D eigenvalue weighted by Gasteiger charge is -2.25. The molecule has 1 unspecified atom stereocenters. The van der Waals surface area contributed by atoms with Gasteiger partial charge in [-0.1, -0.05) is 45.4 Å². The molecule has 0 heterocycles. The molecule has 2 nitrogen and oxygen atoms in total. The molecule has 0 aromatic carbocycles. The van der Waals surface area contributed by atoms with Gasteiger partial charge in [0.05, 0.1) is 0 Å². The second-order valence-corrected chi connectivity index (χ2v) is 7.10. The first-order valence-electron chi connectivity index (χ1n) is 6.63. The maximum Gasteiger partial charge on any atom is 0.252 e. The Bertz CT molecular complexity index is 149. The normalized spacial score (nSPS) is 20.4. The molecule has 0 bridgehead atoms. The molecule has 0 spiro atoms. The fraction of sp³-hybridized carbons (Fsp3) is 1.00. The maximum absolute atomic E-state index is 5.63. The van der Waals surface area contributed by atoms with E-state index in [9.17, 15) is 0 Å². The van der Waals surface area contributed by atoms with Crippen LogP contribution in [-0.4, -0.2) is 22.9 Å². The second-order valence-electron chi connectivity index (χ2n) is 4.77. The van der Waals surface area contributed by atoms with Gasteiger partial charge < -0.3 is 9.41 Å². The summed E-state index contributed by atoms with van der Waals surface area (Å²) in [7, 11) is 0.820. The van der Waals surface area contributed by atoms with Crippen molar-refractivity contribution in [2.24, 2.45) is 5.92 Å². The molecule has 0 aromatic rings. The minimum Gasteiger partial charge on any atom is -0.409 e. The Morgan fingerprint density at radius 3 is 2.60 bits per heavy atom. The summed E-state index contributed by atoms with van der Waals surface area (Å²) < 4.78 is 5.63. The molecule has 0 aromatic heterocycles. The van der Waals surface area contributed by atoms with Crippen molar-refractivity contribution in [2.75, 3.05) is 13.7 Å². The summed E-state index contributed by atoms with van der Waals surface area (Å²) in [4.78, 5) is 3.63. The molecule has 0 radical (unpaired) electrons. The van der Waals surface area contributed by atoms with Crippen molar-refractivity contribution in [3.05, 3.63) is 0 Å². The number of hydrogen-bond donors (Lipinski definition) is 1. The largest absolute Gasteiger partial charge is 0.409 e. The molecule has 15 heavy (non-hydrogen) atoms. The van der Waals surface area contributed by atoms with E-state index in [2.05, 4.69) is 11.9 Å². The molecule has 90 valence electrons. The molecular weight excluding hydrogens is 202 g/mol. The van der Waals surface area contributed by atoms with Crippen LogP contribution in [0.25, 0.3) is 0 Å². The summed E-state index contributed by atoms with van der Waals surface area (Å²) in [6, 6.07) is 1.35. The zero-order chi connectivity index (χ0) is 10.9. The van der Waals surface area contributed by atoms with Crippen LogP contribution in [0.2, 0.25) is 6.04 Å². The molecule has 1 N–H and O–H groups in total. The van der Waals surface area contributed by atoms with Crippen LogP contribution in [0.4, 0.5) is 0 Å². The van der Waals surface area contributed by atoms with Crippen molar-refractivity contribution in [3.8, 4) is 0 Å². The first kappa shape index (κ1) is 13.2. The Hall–Kier alpha value is 0.137. The van der Waals surface area contributed by atoms with E-state index < -0.39 is 9.20 Å². The number of rotatable bonds is 7. The zero-order valence-electron chi connectivity index (χ0n) is 10.4. The van der Waals surface area contributed by atoms with Crippen LogP contribution in [0.15, 0.2) is 0 Å². The smallest absolute Gasteiger partial charge is 0.252 e. The summed E-state index contributed by atoms with van der Waals surface area (Å²) in [6.07, 6.45) is 9.82. The van der Waals surface area contributed by atoms with E-state index in [1.54, 1.807) is 0 Å². The molecule has 1 atom stereocenters. The lowest BCUT2D eigenvalue weighted by atomic mass is 9.91. The quantitative estimate of drug-likeness (QED) is 0.535. The predicted octanol–water partition coefficient (Wildman–Crippen LogP) is 2.82. The van der Waals surface area contributed by atoms with Gasteiger partial charge in [0.2, 0.25) is 0 Å². The molecular formula is C12H27NOSi. The van der Waals surface area contributed by atoms with Gasteiger partial charge >= 0.3 is 0 Å². The van der Waals surface area contributed by atoms with Gasteiger partial charge in [-0.15, -0.1) is 0 Å². The first-order valence-corrected chi connectivity index (χ1v) is 8.49. The van der Waals surface area contributed by atoms with Crippen LogP contribution in [0.3, 0.4) is 0 Å². The van der Waals surface area contributed by atoms with Crippen LogP contribution >= 0.6 is 0 Å². The number of nitrogens with one attached hydrogen (secondary N) is 1. The monoisotopic (exact) mass is 229 g/mol. The van der Waals surface area contributed by atoms with Crippen LogP contribution < -0.4 is 4.98 Å². The highest BCUT2D eigenvalue weighted by molar-refractivity contribution is 6.48. The molecule has 1 saturated carbocycles. The first-order chi connectivity index (χ1) is 7.36. The van der Waals surface area contributed by atoms with Gasteiger partial charge in [-0.25, -0.2) is 0 Å². The molecule has 1 aliphatic rings. The number of hydrogen-bond acceptors (Lipinski definition) is 2. The standard InChI is InChI=1S/C12H27NOSi/c1-3-4-10-13-15(14-2)11-12-8-6-5-7-9-12/h12-13,15H,3-11H2,1-2H3. The van der Waals surface area contributed by atoms with Crippen molar-refractivity contribution >= 4 is 9.20 Å². The SMILES string of the molecule is CCCCN[SiH](CC1CCCCC1)OC. The minimum atomic E-state index is -1.07. The molecule has 3 heteroatoms. The van der Waals surface area contributed by atoms with Crippen LogP contribution in [0.5, 0.6) is 0 Å². The van der Waals surface area contributed by atoms with Crippen molar-refractivity contribution < 1.29 is 4.43 Å². The van der Waals surface area contributed by atoms with E-state index in [4.69, 9.17) is 4.43 Å². The Kier molecular flexibility index (Phi) is 7.31. The Morgan fingerprint density at radius 1 is 1.27 bits per heavy atom. The molecule has 0 saturated heterocycles. The van der Waals surface area contributed by atoms with Crippen LogP contribution in [0.1, 0.15) is 51.9 Å². The third-order valence-corrected chi connectivity index (χ3v) is 5.87. The van der Waals surface area contributed by atoms with Gasteiger partial charge in [0.15, 0.2) is 0 Å². The van der Waals surface area contributed by atoms with Crippen LogP contribution in [-0.2, 0) is 4.43 Å². The highest BCUT2D eigenvalue weighted by Crippen LogP contribution is 2.27. The lowest BCUT2D eigenvalue weighted by Crippen LogP contribution is -2.38. The topological polar surface area (TPSA) is 21.3 Å². The molecule has 1 fully saturated rings.